The van der Waals surface area contributed by atoms with E-state index in [2.05, 4.69) is 10.5 Å². The molecule has 2 N–H and O–H groups in total. The van der Waals surface area contributed by atoms with Crippen molar-refractivity contribution in [2.24, 2.45) is 5.10 Å². The van der Waals surface area contributed by atoms with Crippen LogP contribution in [-0.4, -0.2) is 31.4 Å². The number of benzene rings is 2. The molecule has 0 radical (unpaired) electrons. The largest absolute Gasteiger partial charge is 0.504 e. The second kappa shape index (κ2) is 7.12. The van der Waals surface area contributed by atoms with Crippen LogP contribution in [-0.2, 0) is 0 Å². The lowest BCUT2D eigenvalue weighted by Gasteiger charge is -2.04. The van der Waals surface area contributed by atoms with Gasteiger partial charge in [0, 0.05) is 5.56 Å². The number of aromatic hydroxyl groups is 1. The van der Waals surface area contributed by atoms with Crippen LogP contribution in [0.5, 0.6) is 17.2 Å². The molecule has 0 saturated heterocycles. The van der Waals surface area contributed by atoms with Gasteiger partial charge in [0.15, 0.2) is 11.5 Å². The van der Waals surface area contributed by atoms with Gasteiger partial charge in [0.2, 0.25) is 0 Å². The van der Waals surface area contributed by atoms with Gasteiger partial charge in [-0.25, -0.2) is 5.43 Å². The Morgan fingerprint density at radius 2 is 1.86 bits per heavy atom. The molecule has 0 unspecified atom stereocenters. The molecular weight excluding hydrogens is 284 g/mol. The number of phenolic OH excluding ortho intramolecular Hbond substituents is 1. The van der Waals surface area contributed by atoms with Crippen molar-refractivity contribution in [3.63, 3.8) is 0 Å². The molecule has 0 heterocycles. The number of methoxy groups -OCH3 is 2. The van der Waals surface area contributed by atoms with Crippen LogP contribution in [0.25, 0.3) is 0 Å². The number of nitrogens with one attached hydrogen (secondary N) is 1. The topological polar surface area (TPSA) is 80.2 Å². The summed E-state index contributed by atoms with van der Waals surface area (Å²) in [7, 11) is 3.02. The van der Waals surface area contributed by atoms with Gasteiger partial charge in [0.25, 0.3) is 5.91 Å². The number of hydrogen-bond donors (Lipinski definition) is 2. The summed E-state index contributed by atoms with van der Waals surface area (Å²) in [6.45, 7) is 0. The van der Waals surface area contributed by atoms with E-state index in [1.54, 1.807) is 43.5 Å². The minimum absolute atomic E-state index is 0.0434. The average Bonchev–Trinajstić information content (AvgIpc) is 2.56. The summed E-state index contributed by atoms with van der Waals surface area (Å²) in [5, 5.41) is 13.4. The second-order valence-corrected chi connectivity index (χ2v) is 4.36. The van der Waals surface area contributed by atoms with Crippen LogP contribution in [0, 0.1) is 0 Å². The fourth-order valence-electron chi connectivity index (χ4n) is 1.75. The number of ether oxygens (including phenoxy) is 2. The summed E-state index contributed by atoms with van der Waals surface area (Å²) in [5.74, 6) is 0.730. The molecule has 0 atom stereocenters. The molecule has 0 aliphatic carbocycles. The van der Waals surface area contributed by atoms with E-state index in [9.17, 15) is 9.90 Å². The number of amides is 1. The standard InChI is InChI=1S/C16H16N2O4/c1-21-13-6-4-12(5-7-13)16(20)18-17-10-11-3-8-14(19)15(9-11)22-2/h3-10,19H,1-2H3,(H,18,20)/b17-10-. The van der Waals surface area contributed by atoms with Crippen LogP contribution in [0.1, 0.15) is 15.9 Å². The molecule has 0 aliphatic rings. The van der Waals surface area contributed by atoms with Gasteiger partial charge < -0.3 is 14.6 Å². The SMILES string of the molecule is COc1ccc(C(=O)N/N=C\c2ccc(O)c(OC)c2)cc1. The van der Waals surface area contributed by atoms with Gasteiger partial charge in [-0.3, -0.25) is 4.79 Å². The van der Waals surface area contributed by atoms with Crippen LogP contribution in [0.15, 0.2) is 47.6 Å². The summed E-state index contributed by atoms with van der Waals surface area (Å²) in [5.41, 5.74) is 3.58. The smallest absolute Gasteiger partial charge is 0.271 e. The molecule has 6 heteroatoms. The van der Waals surface area contributed by atoms with Crippen LogP contribution < -0.4 is 14.9 Å². The third-order valence-electron chi connectivity index (χ3n) is 2.94. The Bertz CT molecular complexity index is 681. The number of carbonyl (C=O) groups is 1. The normalized spacial score (nSPS) is 10.5. The molecule has 0 fully saturated rings. The Hall–Kier alpha value is -3.02. The fourth-order valence-corrected chi connectivity index (χ4v) is 1.75. The number of nitrogens with zero attached hydrogens (tertiary/aromatic N) is 1. The Kier molecular flexibility index (Phi) is 4.98. The quantitative estimate of drug-likeness (QED) is 0.655. The highest BCUT2D eigenvalue weighted by atomic mass is 16.5. The Morgan fingerprint density at radius 3 is 2.50 bits per heavy atom. The molecule has 0 aliphatic heterocycles. The zero-order valence-electron chi connectivity index (χ0n) is 12.2. The molecule has 22 heavy (non-hydrogen) atoms. The molecule has 0 spiro atoms. The predicted octanol–water partition coefficient (Wildman–Crippen LogP) is 2.17. The van der Waals surface area contributed by atoms with Gasteiger partial charge in [0.05, 0.1) is 20.4 Å². The van der Waals surface area contributed by atoms with E-state index in [1.165, 1.54) is 19.4 Å². The predicted molar refractivity (Wildman–Crippen MR) is 82.7 cm³/mol. The highest BCUT2D eigenvalue weighted by Crippen LogP contribution is 2.25. The van der Waals surface area contributed by atoms with E-state index in [-0.39, 0.29) is 11.7 Å². The molecule has 0 aromatic heterocycles. The van der Waals surface area contributed by atoms with Crippen molar-refractivity contribution in [3.05, 3.63) is 53.6 Å². The highest BCUT2D eigenvalue weighted by Gasteiger charge is 2.04. The minimum Gasteiger partial charge on any atom is -0.504 e. The van der Waals surface area contributed by atoms with Gasteiger partial charge in [-0.1, -0.05) is 0 Å². The summed E-state index contributed by atoms with van der Waals surface area (Å²) in [6, 6.07) is 11.4. The first kappa shape index (κ1) is 15.4. The minimum atomic E-state index is -0.329. The van der Waals surface area contributed by atoms with E-state index in [4.69, 9.17) is 9.47 Å². The summed E-state index contributed by atoms with van der Waals surface area (Å²) in [6.07, 6.45) is 1.46. The maximum Gasteiger partial charge on any atom is 0.271 e. The summed E-state index contributed by atoms with van der Waals surface area (Å²) < 4.78 is 10.0. The van der Waals surface area contributed by atoms with Crippen LogP contribution in [0.2, 0.25) is 0 Å². The summed E-state index contributed by atoms with van der Waals surface area (Å²) >= 11 is 0. The molecule has 2 aromatic carbocycles. The van der Waals surface area contributed by atoms with Crippen LogP contribution in [0.3, 0.4) is 0 Å². The van der Waals surface area contributed by atoms with E-state index >= 15 is 0 Å². The van der Waals surface area contributed by atoms with Crippen molar-refractivity contribution in [3.8, 4) is 17.2 Å². The first-order chi connectivity index (χ1) is 10.6. The van der Waals surface area contributed by atoms with Crippen molar-refractivity contribution in [1.29, 1.82) is 0 Å². The molecule has 6 nitrogen and oxygen atoms in total. The highest BCUT2D eigenvalue weighted by molar-refractivity contribution is 5.95. The van der Waals surface area contributed by atoms with Gasteiger partial charge in [-0.05, 0) is 48.0 Å². The Balaban J connectivity index is 2.00. The second-order valence-electron chi connectivity index (χ2n) is 4.36. The van der Waals surface area contributed by atoms with Crippen molar-refractivity contribution in [2.75, 3.05) is 14.2 Å². The van der Waals surface area contributed by atoms with E-state index in [0.717, 1.165) is 0 Å². The van der Waals surface area contributed by atoms with Crippen molar-refractivity contribution >= 4 is 12.1 Å². The summed E-state index contributed by atoms with van der Waals surface area (Å²) in [4.78, 5) is 11.9. The van der Waals surface area contributed by atoms with Crippen LogP contribution >= 0.6 is 0 Å². The first-order valence-corrected chi connectivity index (χ1v) is 6.48. The molecule has 2 rings (SSSR count). The van der Waals surface area contributed by atoms with Gasteiger partial charge >= 0.3 is 0 Å². The Morgan fingerprint density at radius 1 is 1.14 bits per heavy atom. The number of phenols is 1. The first-order valence-electron chi connectivity index (χ1n) is 6.48. The zero-order valence-corrected chi connectivity index (χ0v) is 12.2. The third kappa shape index (κ3) is 3.76. The zero-order chi connectivity index (χ0) is 15.9. The molecule has 0 saturated carbocycles. The maximum atomic E-state index is 11.9. The fraction of sp³-hybridized carbons (Fsp3) is 0.125. The molecule has 1 amide bonds. The maximum absolute atomic E-state index is 11.9. The third-order valence-corrected chi connectivity index (χ3v) is 2.94. The Labute approximate surface area is 128 Å². The lowest BCUT2D eigenvalue weighted by Crippen LogP contribution is -2.17. The van der Waals surface area contributed by atoms with Crippen molar-refractivity contribution in [1.82, 2.24) is 5.43 Å². The van der Waals surface area contributed by atoms with E-state index in [1.807, 2.05) is 0 Å². The number of hydrogen-bond acceptors (Lipinski definition) is 5. The van der Waals surface area contributed by atoms with Gasteiger partial charge in [-0.15, -0.1) is 0 Å². The van der Waals surface area contributed by atoms with Crippen molar-refractivity contribution < 1.29 is 19.4 Å². The van der Waals surface area contributed by atoms with E-state index < -0.39 is 0 Å². The lowest BCUT2D eigenvalue weighted by atomic mass is 10.2. The molecular formula is C16H16N2O4. The average molecular weight is 300 g/mol. The number of hydrazone groups is 1. The number of rotatable bonds is 5. The van der Waals surface area contributed by atoms with Crippen LogP contribution in [0.4, 0.5) is 0 Å². The number of carbonyl (C=O) groups excluding carboxylic acids is 1. The van der Waals surface area contributed by atoms with Gasteiger partial charge in [-0.2, -0.15) is 5.10 Å². The lowest BCUT2D eigenvalue weighted by molar-refractivity contribution is 0.0955. The molecule has 2 aromatic rings. The molecule has 0 bridgehead atoms. The molecule has 114 valence electrons. The van der Waals surface area contributed by atoms with Crippen molar-refractivity contribution in [2.45, 2.75) is 0 Å². The van der Waals surface area contributed by atoms with Gasteiger partial charge in [0.1, 0.15) is 5.75 Å². The van der Waals surface area contributed by atoms with E-state index in [0.29, 0.717) is 22.6 Å². The monoisotopic (exact) mass is 300 g/mol.